The van der Waals surface area contributed by atoms with E-state index in [1.165, 1.54) is 6.20 Å². The molecule has 2 fully saturated rings. The summed E-state index contributed by atoms with van der Waals surface area (Å²) in [5.41, 5.74) is 0. The Hall–Kier alpha value is -1.08. The number of carbonyl (C=O) groups is 2. The standard InChI is InChI=1S/C20H29ClN4O2.2ClH/c1-14(15-4-8-22-9-5-15)12-19(26)25-10-6-16(7-11-25)20(27)24-18-3-2-17(21)13-23-18;;/h2-3,13-16,22H,4-12H2,1H3,(H,23,24,27);2*1H. The van der Waals surface area contributed by atoms with Gasteiger partial charge in [-0.1, -0.05) is 18.5 Å². The van der Waals surface area contributed by atoms with Crippen LogP contribution in [0.5, 0.6) is 0 Å². The Kier molecular flexibility index (Phi) is 11.3. The van der Waals surface area contributed by atoms with E-state index in [9.17, 15) is 9.59 Å². The number of nitrogens with zero attached hydrogens (tertiary/aromatic N) is 2. The molecule has 0 saturated carbocycles. The molecule has 2 amide bonds. The van der Waals surface area contributed by atoms with Gasteiger partial charge in [0.25, 0.3) is 0 Å². The van der Waals surface area contributed by atoms with Crippen LogP contribution in [0.2, 0.25) is 5.02 Å². The quantitative estimate of drug-likeness (QED) is 0.694. The topological polar surface area (TPSA) is 74.3 Å². The van der Waals surface area contributed by atoms with Crippen LogP contribution in [-0.4, -0.2) is 47.9 Å². The number of rotatable bonds is 5. The van der Waals surface area contributed by atoms with Crippen LogP contribution >= 0.6 is 36.4 Å². The van der Waals surface area contributed by atoms with E-state index in [1.807, 2.05) is 4.90 Å². The van der Waals surface area contributed by atoms with E-state index < -0.39 is 0 Å². The summed E-state index contributed by atoms with van der Waals surface area (Å²) in [7, 11) is 0. The summed E-state index contributed by atoms with van der Waals surface area (Å²) in [5, 5.41) is 6.76. The van der Waals surface area contributed by atoms with Crippen LogP contribution in [0.1, 0.15) is 39.0 Å². The highest BCUT2D eigenvalue weighted by atomic mass is 35.5. The summed E-state index contributed by atoms with van der Waals surface area (Å²) in [6, 6.07) is 3.40. The third-order valence-electron chi connectivity index (χ3n) is 5.88. The molecule has 0 bridgehead atoms. The van der Waals surface area contributed by atoms with Gasteiger partial charge in [0.2, 0.25) is 11.8 Å². The van der Waals surface area contributed by atoms with Crippen LogP contribution in [0.25, 0.3) is 0 Å². The number of anilines is 1. The van der Waals surface area contributed by atoms with Gasteiger partial charge < -0.3 is 15.5 Å². The van der Waals surface area contributed by atoms with Crippen LogP contribution in [0.4, 0.5) is 5.82 Å². The van der Waals surface area contributed by atoms with Gasteiger partial charge in [0.05, 0.1) is 5.02 Å². The van der Waals surface area contributed by atoms with Gasteiger partial charge in [-0.3, -0.25) is 9.59 Å². The fourth-order valence-corrected chi connectivity index (χ4v) is 4.17. The first kappa shape index (κ1) is 26.0. The van der Waals surface area contributed by atoms with Gasteiger partial charge >= 0.3 is 0 Å². The summed E-state index contributed by atoms with van der Waals surface area (Å²) in [6.45, 7) is 5.64. The van der Waals surface area contributed by atoms with Crippen LogP contribution in [-0.2, 0) is 9.59 Å². The smallest absolute Gasteiger partial charge is 0.228 e. The second-order valence-corrected chi connectivity index (χ2v) is 8.21. The Labute approximate surface area is 190 Å². The van der Waals surface area contributed by atoms with Gasteiger partial charge in [-0.2, -0.15) is 0 Å². The average molecular weight is 466 g/mol. The number of hydrogen-bond donors (Lipinski definition) is 2. The van der Waals surface area contributed by atoms with Crippen molar-refractivity contribution in [2.75, 3.05) is 31.5 Å². The van der Waals surface area contributed by atoms with Gasteiger partial charge in [-0.25, -0.2) is 4.98 Å². The molecular weight excluding hydrogens is 435 g/mol. The molecule has 1 unspecified atom stereocenters. The lowest BCUT2D eigenvalue weighted by atomic mass is 9.83. The second kappa shape index (κ2) is 12.6. The molecule has 2 N–H and O–H groups in total. The molecule has 6 nitrogen and oxygen atoms in total. The van der Waals surface area contributed by atoms with Crippen molar-refractivity contribution in [1.82, 2.24) is 15.2 Å². The van der Waals surface area contributed by atoms with Crippen LogP contribution in [0, 0.1) is 17.8 Å². The maximum absolute atomic E-state index is 12.6. The highest BCUT2D eigenvalue weighted by molar-refractivity contribution is 6.30. The normalized spacial score (nSPS) is 18.9. The third-order valence-corrected chi connectivity index (χ3v) is 6.11. The highest BCUT2D eigenvalue weighted by Crippen LogP contribution is 2.26. The van der Waals surface area contributed by atoms with Gasteiger partial charge in [-0.15, -0.1) is 24.8 Å². The van der Waals surface area contributed by atoms with Crippen LogP contribution in [0.15, 0.2) is 18.3 Å². The minimum Gasteiger partial charge on any atom is -0.343 e. The van der Waals surface area contributed by atoms with Crippen molar-refractivity contribution in [2.24, 2.45) is 17.8 Å². The first-order valence-electron chi connectivity index (χ1n) is 9.94. The van der Waals surface area contributed by atoms with Crippen molar-refractivity contribution in [2.45, 2.75) is 39.0 Å². The van der Waals surface area contributed by atoms with Gasteiger partial charge in [0, 0.05) is 31.6 Å². The number of hydrogen-bond acceptors (Lipinski definition) is 4. The van der Waals surface area contributed by atoms with E-state index in [4.69, 9.17) is 11.6 Å². The number of pyridine rings is 1. The third kappa shape index (κ3) is 7.59. The molecule has 3 rings (SSSR count). The number of carbonyl (C=O) groups excluding carboxylic acids is 2. The van der Waals surface area contributed by atoms with E-state index in [2.05, 4.69) is 22.5 Å². The minimum atomic E-state index is -0.0756. The Morgan fingerprint density at radius 1 is 1.21 bits per heavy atom. The molecule has 1 aromatic rings. The SMILES string of the molecule is CC(CC(=O)N1CCC(C(=O)Nc2ccc(Cl)cn2)CC1)C1CCNCC1.Cl.Cl. The lowest BCUT2D eigenvalue weighted by molar-refractivity contribution is -0.135. The first-order chi connectivity index (χ1) is 13.0. The number of likely N-dealkylation sites (tertiary alicyclic amines) is 1. The molecule has 29 heavy (non-hydrogen) atoms. The molecule has 3 heterocycles. The Morgan fingerprint density at radius 3 is 2.45 bits per heavy atom. The predicted molar refractivity (Wildman–Crippen MR) is 121 cm³/mol. The average Bonchev–Trinajstić information content (AvgIpc) is 2.70. The van der Waals surface area contributed by atoms with Crippen molar-refractivity contribution >= 4 is 54.0 Å². The number of halogens is 3. The van der Waals surface area contributed by atoms with Crippen molar-refractivity contribution in [3.63, 3.8) is 0 Å². The second-order valence-electron chi connectivity index (χ2n) is 7.77. The van der Waals surface area contributed by atoms with Crippen LogP contribution < -0.4 is 10.6 Å². The number of amides is 2. The number of piperidine rings is 2. The first-order valence-corrected chi connectivity index (χ1v) is 10.3. The van der Waals surface area contributed by atoms with Crippen molar-refractivity contribution in [3.05, 3.63) is 23.4 Å². The number of nitrogens with one attached hydrogen (secondary N) is 2. The lowest BCUT2D eigenvalue weighted by Gasteiger charge is -2.33. The zero-order valence-corrected chi connectivity index (χ0v) is 19.1. The number of aromatic nitrogens is 1. The fourth-order valence-electron chi connectivity index (χ4n) is 4.05. The summed E-state index contributed by atoms with van der Waals surface area (Å²) in [6.07, 6.45) is 5.86. The monoisotopic (exact) mass is 464 g/mol. The van der Waals surface area contributed by atoms with Crippen LogP contribution in [0.3, 0.4) is 0 Å². The van der Waals surface area contributed by atoms with E-state index in [1.54, 1.807) is 12.1 Å². The van der Waals surface area contributed by atoms with E-state index in [0.29, 0.717) is 55.0 Å². The molecule has 1 aromatic heterocycles. The zero-order chi connectivity index (χ0) is 19.2. The molecule has 0 spiro atoms. The summed E-state index contributed by atoms with van der Waals surface area (Å²) >= 11 is 5.81. The summed E-state index contributed by atoms with van der Waals surface area (Å²) < 4.78 is 0. The van der Waals surface area contributed by atoms with Crippen molar-refractivity contribution in [3.8, 4) is 0 Å². The Morgan fingerprint density at radius 2 is 1.86 bits per heavy atom. The highest BCUT2D eigenvalue weighted by Gasteiger charge is 2.29. The van der Waals surface area contributed by atoms with E-state index in [0.717, 1.165) is 25.9 Å². The molecule has 0 aromatic carbocycles. The van der Waals surface area contributed by atoms with E-state index >= 15 is 0 Å². The Balaban J connectivity index is 0.00000210. The van der Waals surface area contributed by atoms with Gasteiger partial charge in [-0.05, 0) is 62.7 Å². The molecular formula is C20H31Cl3N4O2. The molecule has 0 radical (unpaired) electrons. The largest absolute Gasteiger partial charge is 0.343 e. The van der Waals surface area contributed by atoms with Gasteiger partial charge in [0.15, 0.2) is 0 Å². The summed E-state index contributed by atoms with van der Waals surface area (Å²) in [5.74, 6) is 1.72. The molecule has 2 aliphatic heterocycles. The molecule has 1 atom stereocenters. The van der Waals surface area contributed by atoms with Crippen molar-refractivity contribution in [1.29, 1.82) is 0 Å². The lowest BCUT2D eigenvalue weighted by Crippen LogP contribution is -2.42. The molecule has 2 aliphatic rings. The fraction of sp³-hybridized carbons (Fsp3) is 0.650. The molecule has 0 aliphatic carbocycles. The molecule has 2 saturated heterocycles. The maximum atomic E-state index is 12.6. The Bertz CT molecular complexity index is 646. The molecule has 9 heteroatoms. The maximum Gasteiger partial charge on any atom is 0.228 e. The molecule has 164 valence electrons. The predicted octanol–water partition coefficient (Wildman–Crippen LogP) is 3.78. The van der Waals surface area contributed by atoms with E-state index in [-0.39, 0.29) is 42.5 Å². The minimum absolute atomic E-state index is 0. The van der Waals surface area contributed by atoms with Gasteiger partial charge in [0.1, 0.15) is 5.82 Å². The van der Waals surface area contributed by atoms with Crippen molar-refractivity contribution < 1.29 is 9.59 Å². The summed E-state index contributed by atoms with van der Waals surface area (Å²) in [4.78, 5) is 31.1. The zero-order valence-electron chi connectivity index (χ0n) is 16.7.